The molecule has 0 spiro atoms. The molecular formula is C8H7BrF5N3. The van der Waals surface area contributed by atoms with E-state index in [-0.39, 0.29) is 23.3 Å². The summed E-state index contributed by atoms with van der Waals surface area (Å²) in [4.78, 5) is 0. The van der Waals surface area contributed by atoms with Gasteiger partial charge in [-0.25, -0.2) is 13.5 Å². The molecular weight excluding hydrogens is 313 g/mol. The van der Waals surface area contributed by atoms with Crippen molar-refractivity contribution < 1.29 is 22.0 Å². The topological polar surface area (TPSA) is 29.9 Å². The van der Waals surface area contributed by atoms with E-state index in [0.29, 0.717) is 4.68 Å². The number of nitrogens with zero attached hydrogens (tertiary/aromatic N) is 2. The minimum Gasteiger partial charge on any atom is -0.369 e. The third kappa shape index (κ3) is 2.12. The van der Waals surface area contributed by atoms with Crippen LogP contribution < -0.4 is 5.32 Å². The Hall–Kier alpha value is -0.860. The van der Waals surface area contributed by atoms with Crippen molar-refractivity contribution in [3.63, 3.8) is 0 Å². The maximum absolute atomic E-state index is 12.7. The molecule has 1 aromatic rings. The largest absolute Gasteiger partial charge is 0.436 e. The summed E-state index contributed by atoms with van der Waals surface area (Å²) in [6.45, 7) is 0.191. The Bertz CT molecular complexity index is 428. The molecule has 1 aliphatic rings. The number of hydrogen-bond donors (Lipinski definition) is 1. The predicted molar refractivity (Wildman–Crippen MR) is 53.1 cm³/mol. The van der Waals surface area contributed by atoms with Crippen LogP contribution in [0.3, 0.4) is 0 Å². The fourth-order valence-electron chi connectivity index (χ4n) is 1.69. The van der Waals surface area contributed by atoms with Crippen LogP contribution in [-0.4, -0.2) is 22.8 Å². The predicted octanol–water partition coefficient (Wildman–Crippen LogP) is 3.29. The number of rotatable bonds is 1. The van der Waals surface area contributed by atoms with Gasteiger partial charge in [0, 0.05) is 6.54 Å². The summed E-state index contributed by atoms with van der Waals surface area (Å²) >= 11 is 2.74. The first-order valence-corrected chi connectivity index (χ1v) is 5.49. The van der Waals surface area contributed by atoms with Crippen molar-refractivity contribution in [2.24, 2.45) is 0 Å². The summed E-state index contributed by atoms with van der Waals surface area (Å²) in [6.07, 6.45) is -7.38. The van der Waals surface area contributed by atoms with E-state index < -0.39 is 24.3 Å². The molecule has 0 aliphatic carbocycles. The first-order chi connectivity index (χ1) is 7.82. The minimum absolute atomic E-state index is 0.0378. The lowest BCUT2D eigenvalue weighted by molar-refractivity contribution is -0.142. The lowest BCUT2D eigenvalue weighted by Crippen LogP contribution is -2.28. The van der Waals surface area contributed by atoms with Crippen LogP contribution in [0.2, 0.25) is 0 Å². The van der Waals surface area contributed by atoms with Gasteiger partial charge in [0.1, 0.15) is 11.9 Å². The molecule has 0 saturated heterocycles. The molecule has 1 atom stereocenters. The van der Waals surface area contributed by atoms with Gasteiger partial charge >= 0.3 is 6.18 Å². The van der Waals surface area contributed by atoms with E-state index in [9.17, 15) is 22.0 Å². The van der Waals surface area contributed by atoms with Crippen molar-refractivity contribution in [1.82, 2.24) is 9.78 Å². The van der Waals surface area contributed by atoms with Crippen molar-refractivity contribution >= 4 is 21.7 Å². The molecule has 0 radical (unpaired) electrons. The molecule has 9 heteroatoms. The third-order valence-corrected chi connectivity index (χ3v) is 3.21. The molecule has 3 nitrogen and oxygen atoms in total. The normalized spacial score (nSPS) is 20.3. The molecule has 0 aromatic carbocycles. The summed E-state index contributed by atoms with van der Waals surface area (Å²) in [5.41, 5.74) is -1.19. The standard InChI is InChI=1S/C8H7BrF5N3/c9-4-5(8(12,13)14)16-17-3(6(10)11)1-2-15-7(4)17/h3,6,15H,1-2H2. The first-order valence-electron chi connectivity index (χ1n) is 4.69. The Kier molecular flexibility index (Phi) is 3.04. The number of halogens is 6. The Morgan fingerprint density at radius 2 is 2.06 bits per heavy atom. The molecule has 1 unspecified atom stereocenters. The lowest BCUT2D eigenvalue weighted by Gasteiger charge is -2.24. The van der Waals surface area contributed by atoms with Crippen LogP contribution in [0.1, 0.15) is 18.2 Å². The molecule has 17 heavy (non-hydrogen) atoms. The van der Waals surface area contributed by atoms with E-state index in [1.165, 1.54) is 0 Å². The number of nitrogens with one attached hydrogen (secondary N) is 1. The number of alkyl halides is 5. The molecule has 0 bridgehead atoms. The maximum atomic E-state index is 12.7. The molecule has 1 N–H and O–H groups in total. The molecule has 2 heterocycles. The molecule has 1 aliphatic heterocycles. The highest BCUT2D eigenvalue weighted by molar-refractivity contribution is 9.10. The highest BCUT2D eigenvalue weighted by Gasteiger charge is 2.41. The van der Waals surface area contributed by atoms with Crippen LogP contribution in [0, 0.1) is 0 Å². The van der Waals surface area contributed by atoms with Gasteiger partial charge in [0.05, 0.1) is 4.47 Å². The number of anilines is 1. The van der Waals surface area contributed by atoms with Crippen LogP contribution in [0.5, 0.6) is 0 Å². The lowest BCUT2D eigenvalue weighted by atomic mass is 10.2. The average molecular weight is 320 g/mol. The monoisotopic (exact) mass is 319 g/mol. The molecule has 0 fully saturated rings. The molecule has 1 aromatic heterocycles. The molecule has 96 valence electrons. The van der Waals surface area contributed by atoms with Crippen molar-refractivity contribution in [2.75, 3.05) is 11.9 Å². The molecule has 2 rings (SSSR count). The summed E-state index contributed by atoms with van der Waals surface area (Å²) in [6, 6.07) is -1.32. The number of aromatic nitrogens is 2. The fraction of sp³-hybridized carbons (Fsp3) is 0.625. The zero-order chi connectivity index (χ0) is 12.8. The summed E-state index contributed by atoms with van der Waals surface area (Å²) < 4.78 is 63.3. The average Bonchev–Trinajstić information content (AvgIpc) is 2.55. The highest BCUT2D eigenvalue weighted by Crippen LogP contribution is 2.41. The molecule has 0 saturated carbocycles. The molecule has 0 amide bonds. The van der Waals surface area contributed by atoms with Crippen LogP contribution in [-0.2, 0) is 6.18 Å². The van der Waals surface area contributed by atoms with Crippen LogP contribution >= 0.6 is 15.9 Å². The van der Waals surface area contributed by atoms with E-state index in [0.717, 1.165) is 0 Å². The van der Waals surface area contributed by atoms with E-state index in [2.05, 4.69) is 26.3 Å². The van der Waals surface area contributed by atoms with Gasteiger partial charge < -0.3 is 5.32 Å². The van der Waals surface area contributed by atoms with E-state index in [4.69, 9.17) is 0 Å². The Labute approximate surface area is 101 Å². The van der Waals surface area contributed by atoms with Gasteiger partial charge in [-0.3, -0.25) is 0 Å². The van der Waals surface area contributed by atoms with Crippen molar-refractivity contribution in [2.45, 2.75) is 25.1 Å². The number of hydrogen-bond acceptors (Lipinski definition) is 2. The fourth-order valence-corrected chi connectivity index (χ4v) is 2.31. The SMILES string of the molecule is FC(F)C1CCNc2c(Br)c(C(F)(F)F)nn21. The maximum Gasteiger partial charge on any atom is 0.436 e. The Balaban J connectivity index is 2.50. The van der Waals surface area contributed by atoms with E-state index >= 15 is 0 Å². The van der Waals surface area contributed by atoms with Gasteiger partial charge in [0.15, 0.2) is 5.69 Å². The van der Waals surface area contributed by atoms with Gasteiger partial charge in [0.25, 0.3) is 6.43 Å². The van der Waals surface area contributed by atoms with Crippen molar-refractivity contribution in [3.05, 3.63) is 10.2 Å². The van der Waals surface area contributed by atoms with Gasteiger partial charge in [-0.2, -0.15) is 18.3 Å². The third-order valence-electron chi connectivity index (χ3n) is 2.46. The quantitative estimate of drug-likeness (QED) is 0.805. The van der Waals surface area contributed by atoms with Crippen molar-refractivity contribution in [1.29, 1.82) is 0 Å². The van der Waals surface area contributed by atoms with Gasteiger partial charge in [-0.15, -0.1) is 0 Å². The Morgan fingerprint density at radius 1 is 1.41 bits per heavy atom. The summed E-state index contributed by atoms with van der Waals surface area (Å²) in [5, 5.41) is 5.86. The smallest absolute Gasteiger partial charge is 0.369 e. The van der Waals surface area contributed by atoms with Gasteiger partial charge in [0.2, 0.25) is 0 Å². The van der Waals surface area contributed by atoms with E-state index in [1.54, 1.807) is 0 Å². The Morgan fingerprint density at radius 3 is 2.59 bits per heavy atom. The first kappa shape index (κ1) is 12.6. The number of fused-ring (bicyclic) bond motifs is 1. The summed E-state index contributed by atoms with van der Waals surface area (Å²) in [5.74, 6) is -0.0473. The van der Waals surface area contributed by atoms with Crippen LogP contribution in [0.25, 0.3) is 0 Å². The zero-order valence-corrected chi connectivity index (χ0v) is 9.82. The highest BCUT2D eigenvalue weighted by atomic mass is 79.9. The van der Waals surface area contributed by atoms with Crippen LogP contribution in [0.4, 0.5) is 27.8 Å². The second-order valence-corrected chi connectivity index (χ2v) is 4.36. The summed E-state index contributed by atoms with van der Waals surface area (Å²) in [7, 11) is 0. The minimum atomic E-state index is -4.67. The van der Waals surface area contributed by atoms with Gasteiger partial charge in [-0.05, 0) is 22.4 Å². The van der Waals surface area contributed by atoms with Crippen molar-refractivity contribution in [3.8, 4) is 0 Å². The van der Waals surface area contributed by atoms with Crippen LogP contribution in [0.15, 0.2) is 4.47 Å². The second-order valence-electron chi connectivity index (χ2n) is 3.57. The second kappa shape index (κ2) is 4.11. The van der Waals surface area contributed by atoms with E-state index in [1.807, 2.05) is 0 Å². The van der Waals surface area contributed by atoms with Gasteiger partial charge in [-0.1, -0.05) is 0 Å². The zero-order valence-electron chi connectivity index (χ0n) is 8.23.